The van der Waals surface area contributed by atoms with Crippen LogP contribution in [0.4, 0.5) is 0 Å². The molecule has 4 nitrogen and oxygen atoms in total. The molecule has 3 aromatic rings. The van der Waals surface area contributed by atoms with Crippen LogP contribution < -0.4 is 0 Å². The molecule has 3 rings (SSSR count). The van der Waals surface area contributed by atoms with Crippen LogP contribution in [0.15, 0.2) is 91.0 Å². The first-order chi connectivity index (χ1) is 14.2. The summed E-state index contributed by atoms with van der Waals surface area (Å²) in [6, 6.07) is 27.8. The molecule has 146 valence electrons. The highest BCUT2D eigenvalue weighted by atomic mass is 31.2. The van der Waals surface area contributed by atoms with E-state index in [4.69, 9.17) is 9.05 Å². The summed E-state index contributed by atoms with van der Waals surface area (Å²) in [5.74, 6) is 5.66. The van der Waals surface area contributed by atoms with Gasteiger partial charge in [-0.15, -0.1) is 0 Å². The van der Waals surface area contributed by atoms with Crippen LogP contribution in [0.5, 0.6) is 0 Å². The summed E-state index contributed by atoms with van der Waals surface area (Å²) in [7, 11) is -4.00. The minimum Gasteiger partial charge on any atom is -0.298 e. The van der Waals surface area contributed by atoms with Crippen molar-refractivity contribution in [2.45, 2.75) is 19.6 Å². The molecule has 0 unspecified atom stereocenters. The van der Waals surface area contributed by atoms with Crippen molar-refractivity contribution in [1.29, 1.82) is 0 Å². The van der Waals surface area contributed by atoms with Crippen LogP contribution >= 0.6 is 7.60 Å². The Morgan fingerprint density at radius 3 is 1.66 bits per heavy atom. The van der Waals surface area contributed by atoms with E-state index in [1.807, 2.05) is 91.0 Å². The van der Waals surface area contributed by atoms with Crippen LogP contribution in [0.2, 0.25) is 0 Å². The van der Waals surface area contributed by atoms with Crippen molar-refractivity contribution in [2.24, 2.45) is 0 Å². The van der Waals surface area contributed by atoms with Crippen molar-refractivity contribution in [3.8, 4) is 11.8 Å². The first-order valence-corrected chi connectivity index (χ1v) is 10.7. The zero-order valence-corrected chi connectivity index (χ0v) is 16.8. The Balaban J connectivity index is 1.70. The fraction of sp³-hybridized carbons (Fsp3) is 0.125. The molecule has 0 saturated carbocycles. The molecule has 0 N–H and O–H groups in total. The van der Waals surface area contributed by atoms with Crippen molar-refractivity contribution < 1.29 is 18.4 Å². The predicted molar refractivity (Wildman–Crippen MR) is 113 cm³/mol. The van der Waals surface area contributed by atoms with Gasteiger partial charge in [-0.05, 0) is 23.3 Å². The van der Waals surface area contributed by atoms with E-state index in [9.17, 15) is 9.36 Å². The molecule has 0 aliphatic rings. The number of hydrogen-bond acceptors (Lipinski definition) is 4. The van der Waals surface area contributed by atoms with E-state index < -0.39 is 13.1 Å². The summed E-state index contributed by atoms with van der Waals surface area (Å²) < 4.78 is 24.3. The Morgan fingerprint density at radius 2 is 1.17 bits per heavy atom. The monoisotopic (exact) mass is 404 g/mol. The molecule has 0 bridgehead atoms. The quantitative estimate of drug-likeness (QED) is 0.363. The third kappa shape index (κ3) is 6.55. The largest absolute Gasteiger partial charge is 0.398 e. The van der Waals surface area contributed by atoms with Crippen molar-refractivity contribution >= 4 is 13.1 Å². The number of hydrogen-bond donors (Lipinski definition) is 0. The van der Waals surface area contributed by atoms with Crippen LogP contribution in [0, 0.1) is 11.8 Å². The fourth-order valence-electron chi connectivity index (χ4n) is 2.49. The maximum Gasteiger partial charge on any atom is 0.398 e. The minimum atomic E-state index is -4.00. The average Bonchev–Trinajstić information content (AvgIpc) is 2.78. The van der Waals surface area contributed by atoms with Gasteiger partial charge in [-0.2, -0.15) is 0 Å². The molecule has 5 heteroatoms. The molecule has 0 atom stereocenters. The molecule has 0 aliphatic carbocycles. The number of carbonyl (C=O) groups excluding carboxylic acids is 1. The Morgan fingerprint density at radius 1 is 0.724 bits per heavy atom. The number of benzene rings is 3. The first kappa shape index (κ1) is 20.8. The van der Waals surface area contributed by atoms with E-state index in [1.54, 1.807) is 0 Å². The van der Waals surface area contributed by atoms with Crippen molar-refractivity contribution in [1.82, 2.24) is 0 Å². The molecule has 0 fully saturated rings. The lowest BCUT2D eigenvalue weighted by molar-refractivity contribution is -0.113. The molecule has 3 aromatic carbocycles. The van der Waals surface area contributed by atoms with Crippen molar-refractivity contribution in [3.63, 3.8) is 0 Å². The lowest BCUT2D eigenvalue weighted by Gasteiger charge is -2.16. The molecule has 0 radical (unpaired) electrons. The predicted octanol–water partition coefficient (Wildman–Crippen LogP) is 5.58. The molecule has 0 heterocycles. The van der Waals surface area contributed by atoms with Gasteiger partial charge in [-0.1, -0.05) is 90.7 Å². The highest BCUT2D eigenvalue weighted by molar-refractivity contribution is 7.71. The zero-order valence-electron chi connectivity index (χ0n) is 15.9. The molecule has 0 amide bonds. The standard InChI is InChI=1S/C24H21O4P/c25-24(18-10-17-21-11-4-1-5-12-21)29(26,27-19-22-13-6-2-7-14-22)28-20-23-15-8-3-9-16-23/h1-9,11-16H,18-20H2. The van der Waals surface area contributed by atoms with Gasteiger partial charge in [0.1, 0.15) is 0 Å². The smallest absolute Gasteiger partial charge is 0.298 e. The summed E-state index contributed by atoms with van der Waals surface area (Å²) in [6.07, 6.45) is -0.213. The van der Waals surface area contributed by atoms with Gasteiger partial charge < -0.3 is 0 Å². The third-order valence-electron chi connectivity index (χ3n) is 4.04. The van der Waals surface area contributed by atoms with Crippen LogP contribution in [0.3, 0.4) is 0 Å². The van der Waals surface area contributed by atoms with E-state index in [0.29, 0.717) is 0 Å². The topological polar surface area (TPSA) is 52.6 Å². The molecule has 0 spiro atoms. The van der Waals surface area contributed by atoms with E-state index in [0.717, 1.165) is 16.7 Å². The Bertz CT molecular complexity index is 974. The van der Waals surface area contributed by atoms with Gasteiger partial charge >= 0.3 is 7.60 Å². The van der Waals surface area contributed by atoms with Gasteiger partial charge in [0.05, 0.1) is 19.6 Å². The number of carbonyl (C=O) groups is 1. The normalized spacial score (nSPS) is 10.8. The lowest BCUT2D eigenvalue weighted by atomic mass is 10.2. The average molecular weight is 404 g/mol. The van der Waals surface area contributed by atoms with E-state index >= 15 is 0 Å². The maximum absolute atomic E-state index is 13.2. The van der Waals surface area contributed by atoms with Gasteiger partial charge in [0.15, 0.2) is 0 Å². The maximum atomic E-state index is 13.2. The Kier molecular flexibility index (Phi) is 7.55. The van der Waals surface area contributed by atoms with Crippen molar-refractivity contribution in [2.75, 3.05) is 0 Å². The molecule has 0 saturated heterocycles. The highest BCUT2D eigenvalue weighted by Crippen LogP contribution is 2.51. The summed E-state index contributed by atoms with van der Waals surface area (Å²) in [4.78, 5) is 12.7. The third-order valence-corrected chi connectivity index (χ3v) is 5.75. The summed E-state index contributed by atoms with van der Waals surface area (Å²) in [5, 5.41) is 0. The molecule has 0 aliphatic heterocycles. The van der Waals surface area contributed by atoms with Gasteiger partial charge in [0, 0.05) is 5.56 Å². The van der Waals surface area contributed by atoms with Gasteiger partial charge in [0.25, 0.3) is 5.52 Å². The van der Waals surface area contributed by atoms with E-state index in [-0.39, 0.29) is 19.6 Å². The van der Waals surface area contributed by atoms with Crippen LogP contribution in [-0.4, -0.2) is 5.52 Å². The van der Waals surface area contributed by atoms with Gasteiger partial charge in [-0.25, -0.2) is 0 Å². The van der Waals surface area contributed by atoms with Gasteiger partial charge in [0.2, 0.25) is 0 Å². The van der Waals surface area contributed by atoms with Crippen LogP contribution in [-0.2, 0) is 31.6 Å². The van der Waals surface area contributed by atoms with E-state index in [1.165, 1.54) is 0 Å². The van der Waals surface area contributed by atoms with E-state index in [2.05, 4.69) is 11.8 Å². The lowest BCUT2D eigenvalue weighted by Crippen LogP contribution is -2.07. The molecular formula is C24H21O4P. The second-order valence-corrected chi connectivity index (χ2v) is 8.26. The summed E-state index contributed by atoms with van der Waals surface area (Å²) in [6.45, 7) is 0.0372. The molecular weight excluding hydrogens is 383 g/mol. The molecule has 0 aromatic heterocycles. The Hall–Kier alpha value is -2.96. The summed E-state index contributed by atoms with van der Waals surface area (Å²) >= 11 is 0. The van der Waals surface area contributed by atoms with Crippen molar-refractivity contribution in [3.05, 3.63) is 108 Å². The fourth-order valence-corrected chi connectivity index (χ4v) is 3.76. The second-order valence-electron chi connectivity index (χ2n) is 6.25. The van der Waals surface area contributed by atoms with Gasteiger partial charge in [-0.3, -0.25) is 18.4 Å². The molecule has 29 heavy (non-hydrogen) atoms. The minimum absolute atomic E-state index is 0.0186. The Labute approximate surface area is 171 Å². The highest BCUT2D eigenvalue weighted by Gasteiger charge is 2.34. The zero-order chi connectivity index (χ0) is 20.4. The first-order valence-electron chi connectivity index (χ1n) is 9.20. The summed E-state index contributed by atoms with van der Waals surface area (Å²) in [5.41, 5.74) is 1.75. The number of rotatable bonds is 8. The second kappa shape index (κ2) is 10.5. The SMILES string of the molecule is O=C(CC#Cc1ccccc1)P(=O)(OCc1ccccc1)OCc1ccccc1. The van der Waals surface area contributed by atoms with Crippen LogP contribution in [0.1, 0.15) is 23.1 Å². The van der Waals surface area contributed by atoms with Crippen LogP contribution in [0.25, 0.3) is 0 Å².